The van der Waals surface area contributed by atoms with Gasteiger partial charge in [0.15, 0.2) is 0 Å². The molecule has 3 N–H and O–H groups in total. The number of nitrogens with one attached hydrogen (secondary N) is 1. The molecule has 108 valence electrons. The Bertz CT molecular complexity index is 663. The van der Waals surface area contributed by atoms with Crippen molar-refractivity contribution in [2.45, 2.75) is 0 Å². The minimum atomic E-state index is -1.98. The molecule has 0 saturated heterocycles. The zero-order valence-corrected chi connectivity index (χ0v) is 11.2. The van der Waals surface area contributed by atoms with E-state index in [1.54, 1.807) is 24.3 Å². The van der Waals surface area contributed by atoms with E-state index in [0.717, 1.165) is 0 Å². The maximum Gasteiger partial charge on any atom is 0.491 e. The van der Waals surface area contributed by atoms with Gasteiger partial charge in [0.05, 0.1) is 12.7 Å². The zero-order chi connectivity index (χ0) is 15.4. The molecule has 2 aromatic carbocycles. The number of amides is 1. The molecule has 0 saturated carbocycles. The Morgan fingerprint density at radius 1 is 1.24 bits per heavy atom. The summed E-state index contributed by atoms with van der Waals surface area (Å²) >= 11 is 0. The van der Waals surface area contributed by atoms with Crippen molar-refractivity contribution in [2.24, 2.45) is 0 Å². The third-order valence-corrected chi connectivity index (χ3v) is 2.88. The molecular formula is C14H13BFNO4. The van der Waals surface area contributed by atoms with Crippen molar-refractivity contribution >= 4 is 24.2 Å². The van der Waals surface area contributed by atoms with E-state index in [4.69, 9.17) is 14.8 Å². The van der Waals surface area contributed by atoms with E-state index in [2.05, 4.69) is 5.32 Å². The van der Waals surface area contributed by atoms with Gasteiger partial charge in [-0.3, -0.25) is 4.79 Å². The highest BCUT2D eigenvalue weighted by Gasteiger charge is 2.21. The standard InChI is InChI=1S/C14H13BFNO4/c1-21-10-5-2-4-9(8-10)17-14(18)11-6-3-7-12(13(11)16)15(19)20/h2-8,19-20H,1H3,(H,17,18). The number of methoxy groups -OCH3 is 1. The van der Waals surface area contributed by atoms with Crippen LogP contribution in [0.1, 0.15) is 10.4 Å². The summed E-state index contributed by atoms with van der Waals surface area (Å²) in [5, 5.41) is 20.6. The summed E-state index contributed by atoms with van der Waals surface area (Å²) in [5.74, 6) is -1.11. The Morgan fingerprint density at radius 3 is 2.62 bits per heavy atom. The first-order valence-corrected chi connectivity index (χ1v) is 6.13. The van der Waals surface area contributed by atoms with Gasteiger partial charge in [0.25, 0.3) is 5.91 Å². The highest BCUT2D eigenvalue weighted by Crippen LogP contribution is 2.18. The Hall–Kier alpha value is -2.38. The van der Waals surface area contributed by atoms with E-state index in [1.807, 2.05) is 0 Å². The van der Waals surface area contributed by atoms with Crippen LogP contribution in [0.4, 0.5) is 10.1 Å². The van der Waals surface area contributed by atoms with Gasteiger partial charge in [-0.15, -0.1) is 0 Å². The van der Waals surface area contributed by atoms with Gasteiger partial charge in [-0.1, -0.05) is 18.2 Å². The van der Waals surface area contributed by atoms with Crippen LogP contribution in [0.3, 0.4) is 0 Å². The Morgan fingerprint density at radius 2 is 1.95 bits per heavy atom. The maximum atomic E-state index is 14.0. The van der Waals surface area contributed by atoms with Gasteiger partial charge in [0, 0.05) is 17.2 Å². The lowest BCUT2D eigenvalue weighted by Crippen LogP contribution is -2.34. The van der Waals surface area contributed by atoms with Crippen LogP contribution in [0.25, 0.3) is 0 Å². The normalized spacial score (nSPS) is 10.1. The summed E-state index contributed by atoms with van der Waals surface area (Å²) in [7, 11) is -0.484. The van der Waals surface area contributed by atoms with Gasteiger partial charge in [0.2, 0.25) is 0 Å². The second kappa shape index (κ2) is 6.38. The molecule has 0 radical (unpaired) electrons. The van der Waals surface area contributed by atoms with E-state index in [9.17, 15) is 9.18 Å². The smallest absolute Gasteiger partial charge is 0.491 e. The van der Waals surface area contributed by atoms with E-state index >= 15 is 0 Å². The average molecular weight is 289 g/mol. The molecule has 0 fully saturated rings. The van der Waals surface area contributed by atoms with E-state index in [0.29, 0.717) is 11.4 Å². The lowest BCUT2D eigenvalue weighted by molar-refractivity contribution is 0.102. The number of carbonyl (C=O) groups is 1. The summed E-state index contributed by atoms with van der Waals surface area (Å²) in [6.07, 6.45) is 0. The minimum Gasteiger partial charge on any atom is -0.497 e. The summed E-state index contributed by atoms with van der Waals surface area (Å²) < 4.78 is 19.0. The summed E-state index contributed by atoms with van der Waals surface area (Å²) in [5.41, 5.74) is -0.189. The number of rotatable bonds is 4. The highest BCUT2D eigenvalue weighted by molar-refractivity contribution is 6.58. The van der Waals surface area contributed by atoms with Gasteiger partial charge >= 0.3 is 7.12 Å². The monoisotopic (exact) mass is 289 g/mol. The molecule has 0 bridgehead atoms. The van der Waals surface area contributed by atoms with Crippen LogP contribution in [0.15, 0.2) is 42.5 Å². The number of ether oxygens (including phenoxy) is 1. The molecule has 1 amide bonds. The number of halogens is 1. The van der Waals surface area contributed by atoms with Crippen molar-refractivity contribution in [3.05, 3.63) is 53.8 Å². The fourth-order valence-corrected chi connectivity index (χ4v) is 1.82. The summed E-state index contributed by atoms with van der Waals surface area (Å²) in [4.78, 5) is 12.1. The molecule has 2 aromatic rings. The fourth-order valence-electron chi connectivity index (χ4n) is 1.82. The molecule has 0 unspecified atom stereocenters. The third kappa shape index (κ3) is 3.39. The number of hydrogen-bond acceptors (Lipinski definition) is 4. The predicted octanol–water partition coefficient (Wildman–Crippen LogP) is 0.766. The van der Waals surface area contributed by atoms with Crippen LogP contribution in [0.5, 0.6) is 5.75 Å². The number of hydrogen-bond donors (Lipinski definition) is 3. The second-order valence-electron chi connectivity index (χ2n) is 4.27. The topological polar surface area (TPSA) is 78.8 Å². The molecule has 0 heterocycles. The Balaban J connectivity index is 2.26. The first-order valence-electron chi connectivity index (χ1n) is 6.13. The van der Waals surface area contributed by atoms with Crippen molar-refractivity contribution in [1.82, 2.24) is 0 Å². The molecule has 0 aromatic heterocycles. The van der Waals surface area contributed by atoms with Gasteiger partial charge in [-0.05, 0) is 18.2 Å². The Kier molecular flexibility index (Phi) is 4.57. The van der Waals surface area contributed by atoms with E-state index in [-0.39, 0.29) is 11.0 Å². The average Bonchev–Trinajstić information content (AvgIpc) is 2.47. The summed E-state index contributed by atoms with van der Waals surface area (Å²) in [6.45, 7) is 0. The SMILES string of the molecule is COc1cccc(NC(=O)c2cccc(B(O)O)c2F)c1. The van der Waals surface area contributed by atoms with Crippen molar-refractivity contribution < 1.29 is 24.0 Å². The van der Waals surface area contributed by atoms with Gasteiger partial charge in [-0.25, -0.2) is 4.39 Å². The van der Waals surface area contributed by atoms with Gasteiger partial charge in [-0.2, -0.15) is 0 Å². The molecular weight excluding hydrogens is 276 g/mol. The third-order valence-electron chi connectivity index (χ3n) is 2.88. The summed E-state index contributed by atoms with van der Waals surface area (Å²) in [6, 6.07) is 10.4. The lowest BCUT2D eigenvalue weighted by atomic mass is 9.79. The molecule has 0 atom stereocenters. The highest BCUT2D eigenvalue weighted by atomic mass is 19.1. The second-order valence-corrected chi connectivity index (χ2v) is 4.27. The minimum absolute atomic E-state index is 0.275. The van der Waals surface area contributed by atoms with Crippen molar-refractivity contribution in [2.75, 3.05) is 12.4 Å². The number of anilines is 1. The van der Waals surface area contributed by atoms with Crippen molar-refractivity contribution in [1.29, 1.82) is 0 Å². The lowest BCUT2D eigenvalue weighted by Gasteiger charge is -2.09. The van der Waals surface area contributed by atoms with Crippen LogP contribution in [0, 0.1) is 5.82 Å². The van der Waals surface area contributed by atoms with Crippen molar-refractivity contribution in [3.8, 4) is 5.75 Å². The number of carbonyl (C=O) groups excluding carboxylic acids is 1. The fraction of sp³-hybridized carbons (Fsp3) is 0.0714. The first kappa shape index (κ1) is 15.0. The van der Waals surface area contributed by atoms with Crippen molar-refractivity contribution in [3.63, 3.8) is 0 Å². The maximum absolute atomic E-state index is 14.0. The van der Waals surface area contributed by atoms with Crippen LogP contribution in [0.2, 0.25) is 0 Å². The molecule has 7 heteroatoms. The Labute approximate surface area is 121 Å². The van der Waals surface area contributed by atoms with Crippen LogP contribution in [-0.4, -0.2) is 30.2 Å². The van der Waals surface area contributed by atoms with Gasteiger partial charge in [0.1, 0.15) is 11.6 Å². The molecule has 0 aliphatic carbocycles. The molecule has 0 aliphatic heterocycles. The first-order chi connectivity index (χ1) is 10.0. The van der Waals surface area contributed by atoms with Crippen LogP contribution >= 0.6 is 0 Å². The van der Waals surface area contributed by atoms with Crippen LogP contribution < -0.4 is 15.5 Å². The molecule has 0 spiro atoms. The predicted molar refractivity (Wildman–Crippen MR) is 77.2 cm³/mol. The van der Waals surface area contributed by atoms with Crippen LogP contribution in [-0.2, 0) is 0 Å². The largest absolute Gasteiger partial charge is 0.497 e. The molecule has 21 heavy (non-hydrogen) atoms. The van der Waals surface area contributed by atoms with E-state index in [1.165, 1.54) is 25.3 Å². The molecule has 0 aliphatic rings. The quantitative estimate of drug-likeness (QED) is 0.726. The van der Waals surface area contributed by atoms with E-state index < -0.39 is 18.8 Å². The molecule has 2 rings (SSSR count). The van der Waals surface area contributed by atoms with Gasteiger partial charge < -0.3 is 20.1 Å². The molecule has 5 nitrogen and oxygen atoms in total. The number of benzene rings is 2. The zero-order valence-electron chi connectivity index (χ0n) is 11.2.